The zero-order chi connectivity index (χ0) is 20.4. The summed E-state index contributed by atoms with van der Waals surface area (Å²) in [5.74, 6) is -0.379. The van der Waals surface area contributed by atoms with E-state index in [4.69, 9.17) is 22.1 Å². The Balaban J connectivity index is 1.86. The smallest absolute Gasteiger partial charge is 0.257 e. The zero-order valence-corrected chi connectivity index (χ0v) is 16.1. The minimum absolute atomic E-state index is 0.193. The van der Waals surface area contributed by atoms with Crippen LogP contribution in [0.4, 0.5) is 0 Å². The quantitative estimate of drug-likeness (QED) is 0.701. The number of aromatic nitrogens is 1. The third-order valence-corrected chi connectivity index (χ3v) is 5.10. The van der Waals surface area contributed by atoms with Crippen LogP contribution in [0.15, 0.2) is 73.1 Å². The van der Waals surface area contributed by atoms with E-state index in [-0.39, 0.29) is 12.5 Å². The van der Waals surface area contributed by atoms with Crippen molar-refractivity contribution >= 4 is 23.4 Å². The summed E-state index contributed by atoms with van der Waals surface area (Å²) in [5.41, 5.74) is 7.49. The molecule has 1 aromatic heterocycles. The molecule has 146 valence electrons. The predicted molar refractivity (Wildman–Crippen MR) is 108 cm³/mol. The Morgan fingerprint density at radius 3 is 2.62 bits per heavy atom. The van der Waals surface area contributed by atoms with Crippen LogP contribution in [0.2, 0.25) is 5.02 Å². The monoisotopic (exact) mass is 407 g/mol. The summed E-state index contributed by atoms with van der Waals surface area (Å²) in [6, 6.07) is 16.0. The molecule has 0 spiro atoms. The Morgan fingerprint density at radius 2 is 1.93 bits per heavy atom. The molecule has 4 rings (SSSR count). The predicted octanol–water partition coefficient (Wildman–Crippen LogP) is 3.54. The third kappa shape index (κ3) is 3.67. The Morgan fingerprint density at radius 1 is 1.14 bits per heavy atom. The van der Waals surface area contributed by atoms with Crippen molar-refractivity contribution in [3.63, 3.8) is 0 Å². The van der Waals surface area contributed by atoms with Crippen LogP contribution in [-0.2, 0) is 4.79 Å². The summed E-state index contributed by atoms with van der Waals surface area (Å²) in [6.45, 7) is 0.193. The van der Waals surface area contributed by atoms with Gasteiger partial charge in [0.15, 0.2) is 0 Å². The number of primary amides is 1. The standard InChI is InChI=1S/C22H18ClN3O3/c23-16-8-9-19-17(11-16)18(13-29-19)26(22(28)15-7-4-10-25-12-15)20(21(24)27)14-5-2-1-3-6-14/h1-12,18,20H,13H2,(H2,24,27)/t18-,20+/m1/s1. The van der Waals surface area contributed by atoms with Crippen molar-refractivity contribution < 1.29 is 14.3 Å². The molecule has 0 radical (unpaired) electrons. The van der Waals surface area contributed by atoms with E-state index in [1.54, 1.807) is 60.8 Å². The molecule has 0 fully saturated rings. The normalized spacial score (nSPS) is 15.8. The van der Waals surface area contributed by atoms with Gasteiger partial charge >= 0.3 is 0 Å². The van der Waals surface area contributed by atoms with Crippen molar-refractivity contribution in [2.45, 2.75) is 12.1 Å². The van der Waals surface area contributed by atoms with Crippen LogP contribution < -0.4 is 10.5 Å². The second-order valence-corrected chi connectivity index (χ2v) is 7.12. The lowest BCUT2D eigenvalue weighted by molar-refractivity contribution is -0.123. The maximum Gasteiger partial charge on any atom is 0.257 e. The van der Waals surface area contributed by atoms with Crippen LogP contribution in [0.3, 0.4) is 0 Å². The lowest BCUT2D eigenvalue weighted by atomic mass is 9.98. The second-order valence-electron chi connectivity index (χ2n) is 6.68. The first kappa shape index (κ1) is 19.0. The molecule has 1 aliphatic heterocycles. The van der Waals surface area contributed by atoms with Crippen LogP contribution in [0.5, 0.6) is 5.75 Å². The molecule has 2 aromatic carbocycles. The average molecular weight is 408 g/mol. The van der Waals surface area contributed by atoms with Crippen molar-refractivity contribution in [3.05, 3.63) is 94.8 Å². The van der Waals surface area contributed by atoms with E-state index < -0.39 is 18.0 Å². The van der Waals surface area contributed by atoms with E-state index in [0.29, 0.717) is 21.9 Å². The van der Waals surface area contributed by atoms with Crippen molar-refractivity contribution in [3.8, 4) is 5.75 Å². The SMILES string of the molecule is NC(=O)[C@H](c1ccccc1)N(C(=O)c1cccnc1)[C@@H]1COc2ccc(Cl)cc21. The lowest BCUT2D eigenvalue weighted by Crippen LogP contribution is -2.44. The number of nitrogens with zero attached hydrogens (tertiary/aromatic N) is 2. The fourth-order valence-electron chi connectivity index (χ4n) is 3.57. The Labute approximate surface area is 172 Å². The van der Waals surface area contributed by atoms with E-state index >= 15 is 0 Å². The fourth-order valence-corrected chi connectivity index (χ4v) is 3.75. The number of rotatable bonds is 5. The molecule has 0 aliphatic carbocycles. The minimum Gasteiger partial charge on any atom is -0.491 e. The number of fused-ring (bicyclic) bond motifs is 1. The molecule has 6 nitrogen and oxygen atoms in total. The molecule has 29 heavy (non-hydrogen) atoms. The Bertz CT molecular complexity index is 1040. The van der Waals surface area contributed by atoms with Gasteiger partial charge in [-0.3, -0.25) is 14.6 Å². The topological polar surface area (TPSA) is 85.5 Å². The molecule has 2 N–H and O–H groups in total. The highest BCUT2D eigenvalue weighted by Gasteiger charge is 2.40. The first-order chi connectivity index (χ1) is 14.1. The Kier molecular flexibility index (Phi) is 5.18. The average Bonchev–Trinajstić information content (AvgIpc) is 3.15. The van der Waals surface area contributed by atoms with Gasteiger partial charge in [0.25, 0.3) is 5.91 Å². The summed E-state index contributed by atoms with van der Waals surface area (Å²) < 4.78 is 5.78. The number of nitrogens with two attached hydrogens (primary N) is 1. The molecular weight excluding hydrogens is 390 g/mol. The highest BCUT2D eigenvalue weighted by molar-refractivity contribution is 6.30. The first-order valence-electron chi connectivity index (χ1n) is 9.05. The maximum atomic E-state index is 13.5. The Hall–Kier alpha value is -3.38. The van der Waals surface area contributed by atoms with Gasteiger partial charge in [-0.15, -0.1) is 0 Å². The number of amides is 2. The van der Waals surface area contributed by atoms with Gasteiger partial charge in [-0.25, -0.2) is 0 Å². The third-order valence-electron chi connectivity index (χ3n) is 4.87. The number of hydrogen-bond donors (Lipinski definition) is 1. The molecule has 0 unspecified atom stereocenters. The van der Waals surface area contributed by atoms with Crippen LogP contribution in [0.25, 0.3) is 0 Å². The fraction of sp³-hybridized carbons (Fsp3) is 0.136. The van der Waals surface area contributed by atoms with Crippen LogP contribution in [0, 0.1) is 0 Å². The molecule has 0 saturated carbocycles. The molecular formula is C22H18ClN3O3. The van der Waals surface area contributed by atoms with E-state index in [0.717, 1.165) is 5.56 Å². The number of pyridine rings is 1. The van der Waals surface area contributed by atoms with Crippen molar-refractivity contribution in [1.82, 2.24) is 9.88 Å². The summed E-state index contributed by atoms with van der Waals surface area (Å²) in [4.78, 5) is 31.6. The van der Waals surface area contributed by atoms with Gasteiger partial charge in [-0.2, -0.15) is 0 Å². The van der Waals surface area contributed by atoms with Crippen LogP contribution in [0.1, 0.15) is 33.6 Å². The number of carbonyl (C=O) groups is 2. The lowest BCUT2D eigenvalue weighted by Gasteiger charge is -2.34. The highest BCUT2D eigenvalue weighted by atomic mass is 35.5. The van der Waals surface area contributed by atoms with E-state index in [1.807, 2.05) is 6.07 Å². The molecule has 2 atom stereocenters. The van der Waals surface area contributed by atoms with Gasteiger partial charge in [0.05, 0.1) is 11.6 Å². The van der Waals surface area contributed by atoms with Gasteiger partial charge in [0.1, 0.15) is 18.4 Å². The van der Waals surface area contributed by atoms with E-state index in [1.165, 1.54) is 11.1 Å². The molecule has 0 saturated heterocycles. The van der Waals surface area contributed by atoms with Gasteiger partial charge < -0.3 is 15.4 Å². The molecule has 2 amide bonds. The number of ether oxygens (including phenoxy) is 1. The van der Waals surface area contributed by atoms with Crippen molar-refractivity contribution in [2.24, 2.45) is 5.73 Å². The number of benzene rings is 2. The van der Waals surface area contributed by atoms with Crippen LogP contribution in [-0.4, -0.2) is 28.3 Å². The summed E-state index contributed by atoms with van der Waals surface area (Å²) in [7, 11) is 0. The molecule has 7 heteroatoms. The number of hydrogen-bond acceptors (Lipinski definition) is 4. The largest absolute Gasteiger partial charge is 0.491 e. The molecule has 0 bridgehead atoms. The van der Waals surface area contributed by atoms with Crippen LogP contribution >= 0.6 is 11.6 Å². The molecule has 1 aliphatic rings. The van der Waals surface area contributed by atoms with Crippen molar-refractivity contribution in [1.29, 1.82) is 0 Å². The van der Waals surface area contributed by atoms with Gasteiger partial charge in [0.2, 0.25) is 5.91 Å². The first-order valence-corrected chi connectivity index (χ1v) is 9.43. The van der Waals surface area contributed by atoms with E-state index in [9.17, 15) is 9.59 Å². The second kappa shape index (κ2) is 7.93. The zero-order valence-electron chi connectivity index (χ0n) is 15.4. The minimum atomic E-state index is -0.984. The van der Waals surface area contributed by atoms with Gasteiger partial charge in [-0.1, -0.05) is 41.9 Å². The van der Waals surface area contributed by atoms with Gasteiger partial charge in [0, 0.05) is 23.0 Å². The number of halogens is 1. The van der Waals surface area contributed by atoms with Crippen molar-refractivity contribution in [2.75, 3.05) is 6.61 Å². The summed E-state index contributed by atoms with van der Waals surface area (Å²) in [5, 5.41) is 0.517. The summed E-state index contributed by atoms with van der Waals surface area (Å²) >= 11 is 6.19. The molecule has 3 aromatic rings. The maximum absolute atomic E-state index is 13.5. The molecule has 2 heterocycles. The van der Waals surface area contributed by atoms with Gasteiger partial charge in [-0.05, 0) is 35.9 Å². The number of carbonyl (C=O) groups excluding carboxylic acids is 2. The summed E-state index contributed by atoms with van der Waals surface area (Å²) in [6.07, 6.45) is 3.05. The highest BCUT2D eigenvalue weighted by Crippen LogP contribution is 2.41. The van der Waals surface area contributed by atoms with E-state index in [2.05, 4.69) is 4.98 Å².